The summed E-state index contributed by atoms with van der Waals surface area (Å²) in [5, 5.41) is 0. The largest absolute Gasteiger partial charge is 0.461 e. The number of hydrogen-bond acceptors (Lipinski definition) is 3. The molecule has 4 nitrogen and oxygen atoms in total. The molecule has 0 atom stereocenters. The number of H-pyrrole nitrogens is 1. The number of hydrogen-bond donors (Lipinski definition) is 1. The third kappa shape index (κ3) is 3.72. The Morgan fingerprint density at radius 1 is 1.30 bits per heavy atom. The number of rotatable bonds is 4. The second-order valence-corrected chi connectivity index (χ2v) is 5.16. The van der Waals surface area contributed by atoms with Gasteiger partial charge in [0.05, 0.1) is 12.2 Å². The quantitative estimate of drug-likeness (QED) is 0.869. The van der Waals surface area contributed by atoms with Crippen LogP contribution in [0.4, 0.5) is 13.2 Å². The van der Waals surface area contributed by atoms with Crippen molar-refractivity contribution >= 4 is 5.97 Å². The number of esters is 1. The lowest BCUT2D eigenvalue weighted by atomic mass is 10.0. The Morgan fingerprint density at radius 3 is 2.52 bits per heavy atom. The molecule has 0 saturated carbocycles. The van der Waals surface area contributed by atoms with E-state index in [0.29, 0.717) is 17.8 Å². The highest BCUT2D eigenvalue weighted by atomic mass is 19.4. The summed E-state index contributed by atoms with van der Waals surface area (Å²) in [6.07, 6.45) is -3.24. The Bertz CT molecular complexity index is 703. The first kappa shape index (κ1) is 17.1. The van der Waals surface area contributed by atoms with Gasteiger partial charge in [-0.1, -0.05) is 0 Å². The van der Waals surface area contributed by atoms with Crippen LogP contribution in [0.2, 0.25) is 0 Å². The first-order valence-electron chi connectivity index (χ1n) is 7.11. The molecule has 0 fully saturated rings. The first-order valence-corrected chi connectivity index (χ1v) is 7.11. The highest BCUT2D eigenvalue weighted by Crippen LogP contribution is 2.29. The molecule has 124 valence electrons. The summed E-state index contributed by atoms with van der Waals surface area (Å²) in [7, 11) is 0. The molecule has 0 unspecified atom stereocenters. The van der Waals surface area contributed by atoms with E-state index in [1.54, 1.807) is 20.8 Å². The van der Waals surface area contributed by atoms with Gasteiger partial charge in [-0.25, -0.2) is 4.79 Å². The molecule has 0 spiro atoms. The van der Waals surface area contributed by atoms with Crippen LogP contribution in [0.25, 0.3) is 0 Å². The molecule has 1 N–H and O–H groups in total. The number of aryl methyl sites for hydroxylation is 1. The summed E-state index contributed by atoms with van der Waals surface area (Å²) in [5.74, 6) is -0.445. The van der Waals surface area contributed by atoms with Crippen LogP contribution in [0.3, 0.4) is 0 Å². The van der Waals surface area contributed by atoms with Gasteiger partial charge in [-0.15, -0.1) is 0 Å². The van der Waals surface area contributed by atoms with E-state index in [0.717, 1.165) is 29.1 Å². The minimum absolute atomic E-state index is 0.270. The number of aromatic amines is 1. The molecule has 0 aliphatic carbocycles. The molecule has 23 heavy (non-hydrogen) atoms. The Morgan fingerprint density at radius 2 is 2.00 bits per heavy atom. The molecule has 0 aliphatic rings. The van der Waals surface area contributed by atoms with Crippen molar-refractivity contribution in [2.75, 3.05) is 6.61 Å². The third-order valence-electron chi connectivity index (χ3n) is 3.58. The van der Waals surface area contributed by atoms with Gasteiger partial charge in [-0.05, 0) is 44.0 Å². The number of carbonyl (C=O) groups is 1. The Kier molecular flexibility index (Phi) is 4.77. The summed E-state index contributed by atoms with van der Waals surface area (Å²) in [5.41, 5.74) is 2.41. The van der Waals surface area contributed by atoms with Crippen molar-refractivity contribution in [1.29, 1.82) is 0 Å². The molecule has 0 saturated heterocycles. The average Bonchev–Trinajstić information content (AvgIpc) is 2.75. The fourth-order valence-corrected chi connectivity index (χ4v) is 2.34. The number of carbonyl (C=O) groups excluding carboxylic acids is 1. The predicted molar refractivity (Wildman–Crippen MR) is 78.3 cm³/mol. The van der Waals surface area contributed by atoms with E-state index in [-0.39, 0.29) is 6.61 Å². The van der Waals surface area contributed by atoms with E-state index >= 15 is 0 Å². The van der Waals surface area contributed by atoms with Gasteiger partial charge < -0.3 is 9.72 Å². The van der Waals surface area contributed by atoms with Crippen molar-refractivity contribution < 1.29 is 22.7 Å². The smallest absolute Gasteiger partial charge is 0.417 e. The average molecular weight is 326 g/mol. The van der Waals surface area contributed by atoms with E-state index in [2.05, 4.69) is 9.97 Å². The fourth-order valence-electron chi connectivity index (χ4n) is 2.34. The van der Waals surface area contributed by atoms with Crippen LogP contribution in [-0.2, 0) is 17.3 Å². The molecule has 0 aliphatic heterocycles. The standard InChI is InChI=1S/C16H17F3N2O2/c1-4-23-15(22)14-9(2)13(10(3)21-14)7-12-6-5-11(8-20-12)16(17,18)19/h5-6,8,21H,4,7H2,1-3H3. The zero-order valence-electron chi connectivity index (χ0n) is 13.0. The van der Waals surface area contributed by atoms with Gasteiger partial charge >= 0.3 is 12.1 Å². The maximum absolute atomic E-state index is 12.5. The van der Waals surface area contributed by atoms with Crippen LogP contribution < -0.4 is 0 Å². The Balaban J connectivity index is 2.25. The third-order valence-corrected chi connectivity index (χ3v) is 3.58. The number of halogens is 3. The molecule has 0 radical (unpaired) electrons. The number of nitrogens with zero attached hydrogens (tertiary/aromatic N) is 1. The second-order valence-electron chi connectivity index (χ2n) is 5.16. The minimum Gasteiger partial charge on any atom is -0.461 e. The summed E-state index contributed by atoms with van der Waals surface area (Å²) in [4.78, 5) is 18.7. The highest BCUT2D eigenvalue weighted by Gasteiger charge is 2.30. The number of pyridine rings is 1. The van der Waals surface area contributed by atoms with E-state index in [4.69, 9.17) is 4.74 Å². The van der Waals surface area contributed by atoms with Crippen LogP contribution in [0.15, 0.2) is 18.3 Å². The SMILES string of the molecule is CCOC(=O)c1[nH]c(C)c(Cc2ccc(C(F)(F)F)cn2)c1C. The summed E-state index contributed by atoms with van der Waals surface area (Å²) in [6.45, 7) is 5.56. The van der Waals surface area contributed by atoms with Gasteiger partial charge in [-0.2, -0.15) is 13.2 Å². The van der Waals surface area contributed by atoms with Crippen molar-refractivity contribution in [3.63, 3.8) is 0 Å². The van der Waals surface area contributed by atoms with Crippen molar-refractivity contribution in [2.45, 2.75) is 33.4 Å². The second kappa shape index (κ2) is 6.44. The van der Waals surface area contributed by atoms with Crippen LogP contribution in [0.5, 0.6) is 0 Å². The fraction of sp³-hybridized carbons (Fsp3) is 0.375. The van der Waals surface area contributed by atoms with Crippen LogP contribution >= 0.6 is 0 Å². The maximum atomic E-state index is 12.5. The van der Waals surface area contributed by atoms with E-state index < -0.39 is 17.7 Å². The van der Waals surface area contributed by atoms with Crippen LogP contribution in [-0.4, -0.2) is 22.5 Å². The van der Waals surface area contributed by atoms with Gasteiger partial charge in [0.25, 0.3) is 0 Å². The van der Waals surface area contributed by atoms with Crippen molar-refractivity contribution in [3.05, 3.63) is 52.1 Å². The lowest BCUT2D eigenvalue weighted by molar-refractivity contribution is -0.137. The molecule has 0 amide bonds. The minimum atomic E-state index is -4.40. The Hall–Kier alpha value is -2.31. The van der Waals surface area contributed by atoms with Gasteiger partial charge in [0.15, 0.2) is 0 Å². The number of alkyl halides is 3. The summed E-state index contributed by atoms with van der Waals surface area (Å²) in [6, 6.07) is 2.35. The molecular formula is C16H17F3N2O2. The van der Waals surface area contributed by atoms with E-state index in [1.165, 1.54) is 6.07 Å². The first-order chi connectivity index (χ1) is 10.7. The molecule has 0 aromatic carbocycles. The highest BCUT2D eigenvalue weighted by molar-refractivity contribution is 5.89. The van der Waals surface area contributed by atoms with Crippen LogP contribution in [0.1, 0.15) is 45.5 Å². The molecular weight excluding hydrogens is 309 g/mol. The predicted octanol–water partition coefficient (Wildman–Crippen LogP) is 3.81. The number of nitrogens with one attached hydrogen (secondary N) is 1. The molecule has 2 aromatic heterocycles. The number of ether oxygens (including phenoxy) is 1. The molecule has 7 heteroatoms. The summed E-state index contributed by atoms with van der Waals surface area (Å²) < 4.78 is 42.6. The van der Waals surface area contributed by atoms with Gasteiger partial charge in [0, 0.05) is 24.0 Å². The molecule has 2 rings (SSSR count). The normalized spacial score (nSPS) is 11.6. The molecule has 2 aromatic rings. The maximum Gasteiger partial charge on any atom is 0.417 e. The number of aromatic nitrogens is 2. The van der Waals surface area contributed by atoms with E-state index in [1.807, 2.05) is 0 Å². The van der Waals surface area contributed by atoms with Crippen molar-refractivity contribution in [2.24, 2.45) is 0 Å². The zero-order chi connectivity index (χ0) is 17.2. The lowest BCUT2D eigenvalue weighted by Gasteiger charge is -2.07. The zero-order valence-corrected chi connectivity index (χ0v) is 13.0. The van der Waals surface area contributed by atoms with Gasteiger partial charge in [-0.3, -0.25) is 4.98 Å². The monoisotopic (exact) mass is 326 g/mol. The van der Waals surface area contributed by atoms with Gasteiger partial charge in [0.2, 0.25) is 0 Å². The van der Waals surface area contributed by atoms with Crippen molar-refractivity contribution in [1.82, 2.24) is 9.97 Å². The lowest BCUT2D eigenvalue weighted by Crippen LogP contribution is -2.07. The van der Waals surface area contributed by atoms with E-state index in [9.17, 15) is 18.0 Å². The van der Waals surface area contributed by atoms with Crippen LogP contribution in [0, 0.1) is 13.8 Å². The Labute approximate surface area is 131 Å². The molecule has 0 bridgehead atoms. The molecule has 2 heterocycles. The summed E-state index contributed by atoms with van der Waals surface area (Å²) >= 11 is 0. The topological polar surface area (TPSA) is 55.0 Å². The van der Waals surface area contributed by atoms with Gasteiger partial charge in [0.1, 0.15) is 5.69 Å². The van der Waals surface area contributed by atoms with Crippen molar-refractivity contribution in [3.8, 4) is 0 Å².